The Morgan fingerprint density at radius 3 is 2.55 bits per heavy atom. The topological polar surface area (TPSA) is 44.5 Å². The van der Waals surface area contributed by atoms with Crippen molar-refractivity contribution in [2.45, 2.75) is 25.6 Å². The van der Waals surface area contributed by atoms with E-state index >= 15 is 0 Å². The van der Waals surface area contributed by atoms with Gasteiger partial charge in [-0.05, 0) is 25.1 Å². The zero-order valence-electron chi connectivity index (χ0n) is 11.0. The van der Waals surface area contributed by atoms with Gasteiger partial charge in [0.15, 0.2) is 0 Å². The van der Waals surface area contributed by atoms with Crippen LogP contribution in [0.2, 0.25) is 0 Å². The molecule has 1 rings (SSSR count). The summed E-state index contributed by atoms with van der Waals surface area (Å²) < 4.78 is 58.3. The highest BCUT2D eigenvalue weighted by Gasteiger charge is 2.27. The maximum atomic E-state index is 13.1. The lowest BCUT2D eigenvalue weighted by atomic mass is 10.1. The Labute approximate surface area is 114 Å². The predicted octanol–water partition coefficient (Wildman–Crippen LogP) is 3.19. The van der Waals surface area contributed by atoms with E-state index in [1.807, 2.05) is 0 Å². The van der Waals surface area contributed by atoms with Crippen molar-refractivity contribution in [1.82, 2.24) is 0 Å². The van der Waals surface area contributed by atoms with E-state index in [9.17, 15) is 17.6 Å². The molecule has 114 valence electrons. The van der Waals surface area contributed by atoms with Crippen LogP contribution in [0.5, 0.6) is 5.75 Å². The molecule has 0 unspecified atom stereocenters. The smallest absolute Gasteiger partial charge is 0.411 e. The minimum Gasteiger partial charge on any atom is -0.493 e. The second-order valence-corrected chi connectivity index (χ2v) is 4.34. The molecule has 1 aromatic carbocycles. The number of benzene rings is 1. The van der Waals surface area contributed by atoms with Crippen molar-refractivity contribution >= 4 is 0 Å². The third kappa shape index (κ3) is 6.21. The molecule has 20 heavy (non-hydrogen) atoms. The molecule has 0 aliphatic carbocycles. The van der Waals surface area contributed by atoms with E-state index in [0.717, 1.165) is 0 Å². The summed E-state index contributed by atoms with van der Waals surface area (Å²) in [5.74, 6) is 0.00961. The van der Waals surface area contributed by atoms with Gasteiger partial charge >= 0.3 is 6.18 Å². The molecule has 3 nitrogen and oxygen atoms in total. The lowest BCUT2D eigenvalue weighted by Crippen LogP contribution is -2.18. The largest absolute Gasteiger partial charge is 0.493 e. The number of rotatable bonds is 7. The van der Waals surface area contributed by atoms with Crippen LogP contribution < -0.4 is 10.5 Å². The summed E-state index contributed by atoms with van der Waals surface area (Å²) in [7, 11) is 0. The normalized spacial score (nSPS) is 13.3. The molecule has 1 aromatic rings. The average Bonchev–Trinajstić information content (AvgIpc) is 2.33. The molecule has 1 atom stereocenters. The van der Waals surface area contributed by atoms with Gasteiger partial charge in [0, 0.05) is 18.0 Å². The lowest BCUT2D eigenvalue weighted by molar-refractivity contribution is -0.174. The van der Waals surface area contributed by atoms with Gasteiger partial charge in [-0.2, -0.15) is 13.2 Å². The minimum absolute atomic E-state index is 0.0613. The molecule has 0 amide bonds. The fraction of sp³-hybridized carbons (Fsp3) is 0.538. The standard InChI is InChI=1S/C13H17F4NO2/c1-9(18)11-7-10(14)3-4-12(11)20-6-2-5-19-8-13(15,16)17/h3-4,7,9H,2,5-6,8,18H2,1H3/t9-/m1/s1. The van der Waals surface area contributed by atoms with Crippen molar-refractivity contribution in [3.05, 3.63) is 29.6 Å². The van der Waals surface area contributed by atoms with Crippen LogP contribution in [0.25, 0.3) is 0 Å². The molecule has 0 bridgehead atoms. The van der Waals surface area contributed by atoms with Crippen molar-refractivity contribution in [3.63, 3.8) is 0 Å². The number of hydrogen-bond donors (Lipinski definition) is 1. The quantitative estimate of drug-likeness (QED) is 0.620. The maximum absolute atomic E-state index is 13.1. The van der Waals surface area contributed by atoms with E-state index in [2.05, 4.69) is 4.74 Å². The van der Waals surface area contributed by atoms with Crippen LogP contribution in [0, 0.1) is 5.82 Å². The Morgan fingerprint density at radius 1 is 1.25 bits per heavy atom. The summed E-state index contributed by atoms with van der Waals surface area (Å²) in [6, 6.07) is 3.56. The summed E-state index contributed by atoms with van der Waals surface area (Å²) in [5, 5.41) is 0. The maximum Gasteiger partial charge on any atom is 0.411 e. The third-order valence-corrected chi connectivity index (χ3v) is 2.42. The number of nitrogens with two attached hydrogens (primary N) is 1. The SMILES string of the molecule is C[C@@H](N)c1cc(F)ccc1OCCCOCC(F)(F)F. The highest BCUT2D eigenvalue weighted by atomic mass is 19.4. The van der Waals surface area contributed by atoms with E-state index in [-0.39, 0.29) is 13.2 Å². The molecule has 0 spiro atoms. The first-order valence-electron chi connectivity index (χ1n) is 6.12. The highest BCUT2D eigenvalue weighted by Crippen LogP contribution is 2.24. The van der Waals surface area contributed by atoms with Gasteiger partial charge in [-0.1, -0.05) is 0 Å². The van der Waals surface area contributed by atoms with Crippen LogP contribution in [0.3, 0.4) is 0 Å². The van der Waals surface area contributed by atoms with Gasteiger partial charge in [0.1, 0.15) is 18.2 Å². The fourth-order valence-corrected chi connectivity index (χ4v) is 1.54. The Bertz CT molecular complexity index is 421. The number of ether oxygens (including phenoxy) is 2. The predicted molar refractivity (Wildman–Crippen MR) is 66.0 cm³/mol. The first-order chi connectivity index (χ1) is 9.29. The van der Waals surface area contributed by atoms with E-state index in [1.165, 1.54) is 18.2 Å². The van der Waals surface area contributed by atoms with Gasteiger partial charge in [-0.15, -0.1) is 0 Å². The second kappa shape index (κ2) is 7.44. The van der Waals surface area contributed by atoms with E-state index < -0.39 is 24.6 Å². The molecule has 0 saturated heterocycles. The molecule has 0 radical (unpaired) electrons. The summed E-state index contributed by atoms with van der Waals surface area (Å²) >= 11 is 0. The Kier molecular flexibility index (Phi) is 6.22. The number of halogens is 4. The Balaban J connectivity index is 2.35. The van der Waals surface area contributed by atoms with Gasteiger partial charge in [-0.3, -0.25) is 0 Å². The molecule has 0 fully saturated rings. The van der Waals surface area contributed by atoms with Gasteiger partial charge in [0.2, 0.25) is 0 Å². The molecule has 0 aliphatic rings. The third-order valence-electron chi connectivity index (χ3n) is 2.42. The van der Waals surface area contributed by atoms with Crippen LogP contribution in [0.15, 0.2) is 18.2 Å². The summed E-state index contributed by atoms with van der Waals surface area (Å²) in [5.41, 5.74) is 6.20. The van der Waals surface area contributed by atoms with Crippen molar-refractivity contribution in [3.8, 4) is 5.75 Å². The summed E-state index contributed by atoms with van der Waals surface area (Å²) in [6.45, 7) is 0.528. The summed E-state index contributed by atoms with van der Waals surface area (Å²) in [4.78, 5) is 0. The van der Waals surface area contributed by atoms with Crippen molar-refractivity contribution in [2.24, 2.45) is 5.73 Å². The Morgan fingerprint density at radius 2 is 1.95 bits per heavy atom. The Hall–Kier alpha value is -1.34. The van der Waals surface area contributed by atoms with Crippen LogP contribution in [0.1, 0.15) is 24.9 Å². The zero-order valence-corrected chi connectivity index (χ0v) is 11.0. The van der Waals surface area contributed by atoms with Crippen LogP contribution in [0.4, 0.5) is 17.6 Å². The second-order valence-electron chi connectivity index (χ2n) is 4.34. The van der Waals surface area contributed by atoms with E-state index in [0.29, 0.717) is 17.7 Å². The first kappa shape index (κ1) is 16.7. The van der Waals surface area contributed by atoms with Crippen LogP contribution >= 0.6 is 0 Å². The van der Waals surface area contributed by atoms with Crippen LogP contribution in [-0.4, -0.2) is 26.0 Å². The number of alkyl halides is 3. The van der Waals surface area contributed by atoms with Gasteiger partial charge in [0.05, 0.1) is 13.2 Å². The van der Waals surface area contributed by atoms with Crippen molar-refractivity contribution in [2.75, 3.05) is 19.8 Å². The monoisotopic (exact) mass is 295 g/mol. The lowest BCUT2D eigenvalue weighted by Gasteiger charge is -2.14. The highest BCUT2D eigenvalue weighted by molar-refractivity contribution is 5.36. The van der Waals surface area contributed by atoms with E-state index in [1.54, 1.807) is 6.92 Å². The molecule has 0 saturated carbocycles. The van der Waals surface area contributed by atoms with E-state index in [4.69, 9.17) is 10.5 Å². The average molecular weight is 295 g/mol. The molecule has 0 heterocycles. The van der Waals surface area contributed by atoms with Crippen molar-refractivity contribution in [1.29, 1.82) is 0 Å². The molecule has 0 aromatic heterocycles. The molecule has 2 N–H and O–H groups in total. The van der Waals surface area contributed by atoms with Gasteiger partial charge in [0.25, 0.3) is 0 Å². The van der Waals surface area contributed by atoms with Gasteiger partial charge < -0.3 is 15.2 Å². The first-order valence-corrected chi connectivity index (χ1v) is 6.12. The molecular formula is C13H17F4NO2. The number of hydrogen-bond acceptors (Lipinski definition) is 3. The molecule has 0 aliphatic heterocycles. The van der Waals surface area contributed by atoms with Crippen LogP contribution in [-0.2, 0) is 4.74 Å². The zero-order chi connectivity index (χ0) is 15.2. The molecule has 7 heteroatoms. The minimum atomic E-state index is -4.32. The fourth-order valence-electron chi connectivity index (χ4n) is 1.54. The van der Waals surface area contributed by atoms with Gasteiger partial charge in [-0.25, -0.2) is 4.39 Å². The summed E-state index contributed by atoms with van der Waals surface area (Å²) in [6.07, 6.45) is -4.02. The van der Waals surface area contributed by atoms with Crippen molar-refractivity contribution < 1.29 is 27.0 Å². The molecular weight excluding hydrogens is 278 g/mol.